The SMILES string of the molecule is CCOc1cccc(N)c1C(=O)Nc1ccccc1F. The molecular weight excluding hydrogens is 259 g/mol. The maximum absolute atomic E-state index is 13.5. The molecule has 0 aromatic heterocycles. The van der Waals surface area contributed by atoms with Crippen molar-refractivity contribution in [2.75, 3.05) is 17.7 Å². The van der Waals surface area contributed by atoms with Crippen molar-refractivity contribution in [2.45, 2.75) is 6.92 Å². The molecule has 104 valence electrons. The molecule has 0 saturated heterocycles. The lowest BCUT2D eigenvalue weighted by molar-refractivity contribution is 0.102. The minimum absolute atomic E-state index is 0.100. The highest BCUT2D eigenvalue weighted by atomic mass is 19.1. The average Bonchev–Trinajstić information content (AvgIpc) is 2.42. The van der Waals surface area contributed by atoms with Gasteiger partial charge in [0, 0.05) is 5.69 Å². The minimum Gasteiger partial charge on any atom is -0.493 e. The van der Waals surface area contributed by atoms with Gasteiger partial charge in [-0.3, -0.25) is 4.79 Å². The highest BCUT2D eigenvalue weighted by Gasteiger charge is 2.17. The van der Waals surface area contributed by atoms with E-state index in [1.165, 1.54) is 12.1 Å². The molecule has 0 fully saturated rings. The Morgan fingerprint density at radius 2 is 2.00 bits per heavy atom. The molecule has 0 aliphatic rings. The van der Waals surface area contributed by atoms with E-state index in [2.05, 4.69) is 5.32 Å². The fourth-order valence-corrected chi connectivity index (χ4v) is 1.81. The van der Waals surface area contributed by atoms with Crippen molar-refractivity contribution in [1.82, 2.24) is 0 Å². The third-order valence-electron chi connectivity index (χ3n) is 2.71. The number of carbonyl (C=O) groups is 1. The Bertz CT molecular complexity index is 629. The second kappa shape index (κ2) is 6.06. The monoisotopic (exact) mass is 274 g/mol. The number of hydrogen-bond acceptors (Lipinski definition) is 3. The standard InChI is InChI=1S/C15H15FN2O2/c1-2-20-13-9-5-7-11(17)14(13)15(19)18-12-8-4-3-6-10(12)16/h3-9H,2,17H2,1H3,(H,18,19). The Balaban J connectivity index is 2.32. The highest BCUT2D eigenvalue weighted by molar-refractivity contribution is 6.09. The van der Waals surface area contributed by atoms with Crippen LogP contribution in [-0.4, -0.2) is 12.5 Å². The van der Waals surface area contributed by atoms with Gasteiger partial charge in [0.2, 0.25) is 0 Å². The number of nitrogens with two attached hydrogens (primary N) is 1. The van der Waals surface area contributed by atoms with E-state index in [1.54, 1.807) is 30.3 Å². The normalized spacial score (nSPS) is 10.1. The first-order valence-electron chi connectivity index (χ1n) is 6.20. The topological polar surface area (TPSA) is 64.3 Å². The number of hydrogen-bond donors (Lipinski definition) is 2. The van der Waals surface area contributed by atoms with Crippen LogP contribution in [0, 0.1) is 5.82 Å². The van der Waals surface area contributed by atoms with Crippen molar-refractivity contribution in [1.29, 1.82) is 0 Å². The predicted octanol–water partition coefficient (Wildman–Crippen LogP) is 3.06. The summed E-state index contributed by atoms with van der Waals surface area (Å²) in [4.78, 5) is 12.2. The van der Waals surface area contributed by atoms with Gasteiger partial charge in [-0.1, -0.05) is 18.2 Å². The molecule has 0 radical (unpaired) electrons. The van der Waals surface area contributed by atoms with Gasteiger partial charge in [0.05, 0.1) is 12.3 Å². The van der Waals surface area contributed by atoms with Crippen molar-refractivity contribution in [3.63, 3.8) is 0 Å². The second-order valence-corrected chi connectivity index (χ2v) is 4.09. The lowest BCUT2D eigenvalue weighted by Crippen LogP contribution is -2.16. The molecule has 0 aliphatic carbocycles. The predicted molar refractivity (Wildman–Crippen MR) is 76.4 cm³/mol. The van der Waals surface area contributed by atoms with Gasteiger partial charge in [-0.05, 0) is 31.2 Å². The van der Waals surface area contributed by atoms with Crippen molar-refractivity contribution in [3.05, 3.63) is 53.8 Å². The first-order chi connectivity index (χ1) is 9.63. The molecule has 0 unspecified atom stereocenters. The third-order valence-corrected chi connectivity index (χ3v) is 2.71. The number of anilines is 2. The fraction of sp³-hybridized carbons (Fsp3) is 0.133. The highest BCUT2D eigenvalue weighted by Crippen LogP contribution is 2.26. The van der Waals surface area contributed by atoms with Crippen molar-refractivity contribution in [2.24, 2.45) is 0 Å². The number of rotatable bonds is 4. The summed E-state index contributed by atoms with van der Waals surface area (Å²) < 4.78 is 18.9. The maximum atomic E-state index is 13.5. The van der Waals surface area contributed by atoms with E-state index in [4.69, 9.17) is 10.5 Å². The van der Waals surface area contributed by atoms with E-state index >= 15 is 0 Å². The van der Waals surface area contributed by atoms with E-state index in [9.17, 15) is 9.18 Å². The van der Waals surface area contributed by atoms with Crippen LogP contribution in [-0.2, 0) is 0 Å². The Morgan fingerprint density at radius 1 is 1.25 bits per heavy atom. The number of nitrogen functional groups attached to an aromatic ring is 1. The molecular formula is C15H15FN2O2. The van der Waals surface area contributed by atoms with Gasteiger partial charge in [0.1, 0.15) is 17.1 Å². The van der Waals surface area contributed by atoms with Crippen molar-refractivity contribution >= 4 is 17.3 Å². The van der Waals surface area contributed by atoms with Gasteiger partial charge in [-0.15, -0.1) is 0 Å². The zero-order valence-corrected chi connectivity index (χ0v) is 11.0. The van der Waals surface area contributed by atoms with Gasteiger partial charge in [-0.2, -0.15) is 0 Å². The van der Waals surface area contributed by atoms with E-state index in [1.807, 2.05) is 6.92 Å². The zero-order chi connectivity index (χ0) is 14.5. The molecule has 5 heteroatoms. The summed E-state index contributed by atoms with van der Waals surface area (Å²) >= 11 is 0. The zero-order valence-electron chi connectivity index (χ0n) is 11.0. The average molecular weight is 274 g/mol. The lowest BCUT2D eigenvalue weighted by Gasteiger charge is -2.13. The largest absolute Gasteiger partial charge is 0.493 e. The van der Waals surface area contributed by atoms with Crippen LogP contribution in [0.5, 0.6) is 5.75 Å². The van der Waals surface area contributed by atoms with Crippen LogP contribution in [0.2, 0.25) is 0 Å². The number of amides is 1. The summed E-state index contributed by atoms with van der Waals surface area (Å²) in [5.74, 6) is -0.633. The van der Waals surface area contributed by atoms with Gasteiger partial charge >= 0.3 is 0 Å². The number of para-hydroxylation sites is 1. The molecule has 20 heavy (non-hydrogen) atoms. The third kappa shape index (κ3) is 2.88. The number of benzene rings is 2. The fourth-order valence-electron chi connectivity index (χ4n) is 1.81. The Morgan fingerprint density at radius 3 is 2.70 bits per heavy atom. The van der Waals surface area contributed by atoms with E-state index in [0.717, 1.165) is 0 Å². The maximum Gasteiger partial charge on any atom is 0.261 e. The summed E-state index contributed by atoms with van der Waals surface area (Å²) in [7, 11) is 0. The van der Waals surface area contributed by atoms with Crippen molar-refractivity contribution < 1.29 is 13.9 Å². The van der Waals surface area contributed by atoms with Crippen LogP contribution in [0.1, 0.15) is 17.3 Å². The molecule has 0 aliphatic heterocycles. The van der Waals surface area contributed by atoms with Crippen LogP contribution in [0.4, 0.5) is 15.8 Å². The molecule has 2 aromatic carbocycles. The first kappa shape index (κ1) is 13.9. The van der Waals surface area contributed by atoms with E-state index < -0.39 is 11.7 Å². The molecule has 0 heterocycles. The quantitative estimate of drug-likeness (QED) is 0.842. The summed E-state index contributed by atoms with van der Waals surface area (Å²) in [6.45, 7) is 2.21. The van der Waals surface area contributed by atoms with E-state index in [0.29, 0.717) is 12.4 Å². The van der Waals surface area contributed by atoms with Gasteiger partial charge in [0.15, 0.2) is 0 Å². The Labute approximate surface area is 116 Å². The van der Waals surface area contributed by atoms with E-state index in [-0.39, 0.29) is 16.9 Å². The van der Waals surface area contributed by atoms with Crippen LogP contribution in [0.15, 0.2) is 42.5 Å². The van der Waals surface area contributed by atoms with Crippen molar-refractivity contribution in [3.8, 4) is 5.75 Å². The van der Waals surface area contributed by atoms with Gasteiger partial charge in [-0.25, -0.2) is 4.39 Å². The first-order valence-corrected chi connectivity index (χ1v) is 6.20. The number of carbonyl (C=O) groups excluding carboxylic acids is 1. The summed E-state index contributed by atoms with van der Waals surface area (Å²) in [5.41, 5.74) is 6.40. The number of ether oxygens (including phenoxy) is 1. The van der Waals surface area contributed by atoms with Crippen LogP contribution < -0.4 is 15.8 Å². The molecule has 0 atom stereocenters. The molecule has 0 bridgehead atoms. The summed E-state index contributed by atoms with van der Waals surface area (Å²) in [6, 6.07) is 10.9. The number of nitrogens with one attached hydrogen (secondary N) is 1. The molecule has 1 amide bonds. The van der Waals surface area contributed by atoms with Gasteiger partial charge < -0.3 is 15.8 Å². The minimum atomic E-state index is -0.506. The second-order valence-electron chi connectivity index (χ2n) is 4.09. The smallest absolute Gasteiger partial charge is 0.261 e. The molecule has 2 rings (SSSR count). The number of halogens is 1. The molecule has 4 nitrogen and oxygen atoms in total. The van der Waals surface area contributed by atoms with Crippen LogP contribution in [0.3, 0.4) is 0 Å². The summed E-state index contributed by atoms with van der Waals surface area (Å²) in [5, 5.41) is 2.49. The Kier molecular flexibility index (Phi) is 4.20. The molecule has 3 N–H and O–H groups in total. The molecule has 0 spiro atoms. The van der Waals surface area contributed by atoms with Crippen LogP contribution in [0.25, 0.3) is 0 Å². The Hall–Kier alpha value is -2.56. The lowest BCUT2D eigenvalue weighted by atomic mass is 10.1. The molecule has 2 aromatic rings. The van der Waals surface area contributed by atoms with Crippen LogP contribution >= 0.6 is 0 Å². The molecule has 0 saturated carbocycles. The summed E-state index contributed by atoms with van der Waals surface area (Å²) in [6.07, 6.45) is 0. The van der Waals surface area contributed by atoms with Gasteiger partial charge in [0.25, 0.3) is 5.91 Å².